The van der Waals surface area contributed by atoms with Gasteiger partial charge in [0.05, 0.1) is 17.9 Å². The lowest BCUT2D eigenvalue weighted by atomic mass is 10.2. The molecule has 0 bridgehead atoms. The molecular formula is C22H30ClN5O2S. The maximum absolute atomic E-state index is 13.1. The van der Waals surface area contributed by atoms with Crippen molar-refractivity contribution in [3.63, 3.8) is 0 Å². The standard InChI is InChI=1S/C22H30ClN5O2S/c1-3-26-10-12-27(13-11-26)21(29)16(2)31-22-25-24-20(17-6-8-18(23)9-7-17)28(22)15-19-5-4-14-30-19/h6-9,16,19H,3-5,10-15H2,1-2H3. The van der Waals surface area contributed by atoms with Crippen LogP contribution in [0.25, 0.3) is 11.4 Å². The number of piperazine rings is 1. The van der Waals surface area contributed by atoms with Gasteiger partial charge in [-0.05, 0) is 50.6 Å². The minimum Gasteiger partial charge on any atom is -0.376 e. The molecule has 2 saturated heterocycles. The summed E-state index contributed by atoms with van der Waals surface area (Å²) in [7, 11) is 0. The predicted octanol–water partition coefficient (Wildman–Crippen LogP) is 3.42. The van der Waals surface area contributed by atoms with Crippen LogP contribution < -0.4 is 0 Å². The zero-order valence-corrected chi connectivity index (χ0v) is 19.7. The van der Waals surface area contributed by atoms with Crippen LogP contribution in [0.5, 0.6) is 0 Å². The van der Waals surface area contributed by atoms with Gasteiger partial charge >= 0.3 is 0 Å². The van der Waals surface area contributed by atoms with Crippen LogP contribution in [-0.4, -0.2) is 81.2 Å². The summed E-state index contributed by atoms with van der Waals surface area (Å²) in [5.41, 5.74) is 0.955. The first-order chi connectivity index (χ1) is 15.0. The number of likely N-dealkylation sites (N-methyl/N-ethyl adjacent to an activating group) is 1. The van der Waals surface area contributed by atoms with Crippen molar-refractivity contribution in [3.05, 3.63) is 29.3 Å². The molecule has 2 aromatic rings. The van der Waals surface area contributed by atoms with Gasteiger partial charge in [0.15, 0.2) is 11.0 Å². The summed E-state index contributed by atoms with van der Waals surface area (Å²) in [6.45, 7) is 10.1. The molecule has 9 heteroatoms. The molecule has 1 aromatic heterocycles. The molecule has 3 heterocycles. The summed E-state index contributed by atoms with van der Waals surface area (Å²) >= 11 is 7.55. The Labute approximate surface area is 193 Å². The molecule has 2 atom stereocenters. The SMILES string of the molecule is CCN1CCN(C(=O)C(C)Sc2nnc(-c3ccc(Cl)cc3)n2CC2CCCO2)CC1. The Morgan fingerprint density at radius 3 is 2.61 bits per heavy atom. The van der Waals surface area contributed by atoms with Crippen LogP contribution in [0.3, 0.4) is 0 Å². The number of rotatable bonds is 7. The third-order valence-corrected chi connectivity index (χ3v) is 7.31. The van der Waals surface area contributed by atoms with Crippen molar-refractivity contribution in [2.45, 2.75) is 49.7 Å². The summed E-state index contributed by atoms with van der Waals surface area (Å²) in [4.78, 5) is 17.4. The third kappa shape index (κ3) is 5.42. The molecule has 7 nitrogen and oxygen atoms in total. The van der Waals surface area contributed by atoms with Gasteiger partial charge in [-0.25, -0.2) is 0 Å². The highest BCUT2D eigenvalue weighted by molar-refractivity contribution is 8.00. The maximum atomic E-state index is 13.1. The van der Waals surface area contributed by atoms with Gasteiger partial charge in [0.2, 0.25) is 5.91 Å². The number of aromatic nitrogens is 3. The molecule has 4 rings (SSSR count). The Bertz CT molecular complexity index is 877. The molecule has 2 aliphatic heterocycles. The largest absolute Gasteiger partial charge is 0.376 e. The highest BCUT2D eigenvalue weighted by Gasteiger charge is 2.28. The van der Waals surface area contributed by atoms with E-state index in [9.17, 15) is 4.79 Å². The predicted molar refractivity (Wildman–Crippen MR) is 123 cm³/mol. The number of thioether (sulfide) groups is 1. The second-order valence-electron chi connectivity index (χ2n) is 8.08. The molecule has 1 aromatic carbocycles. The molecule has 0 spiro atoms. The lowest BCUT2D eigenvalue weighted by Crippen LogP contribution is -2.50. The fourth-order valence-electron chi connectivity index (χ4n) is 4.10. The number of nitrogens with zero attached hydrogens (tertiary/aromatic N) is 5. The zero-order valence-electron chi connectivity index (χ0n) is 18.2. The van der Waals surface area contributed by atoms with Crippen molar-refractivity contribution < 1.29 is 9.53 Å². The normalized spacial score (nSPS) is 20.9. The average Bonchev–Trinajstić information content (AvgIpc) is 3.45. The van der Waals surface area contributed by atoms with Crippen LogP contribution in [0.15, 0.2) is 29.4 Å². The summed E-state index contributed by atoms with van der Waals surface area (Å²) in [6.07, 6.45) is 2.25. The minimum atomic E-state index is -0.223. The fraction of sp³-hybridized carbons (Fsp3) is 0.591. The van der Waals surface area contributed by atoms with E-state index in [2.05, 4.69) is 26.6 Å². The van der Waals surface area contributed by atoms with Crippen LogP contribution in [0, 0.1) is 0 Å². The first-order valence-electron chi connectivity index (χ1n) is 11.0. The molecule has 168 valence electrons. The van der Waals surface area contributed by atoms with Crippen LogP contribution in [0.4, 0.5) is 0 Å². The van der Waals surface area contributed by atoms with Crippen LogP contribution in [0.1, 0.15) is 26.7 Å². The van der Waals surface area contributed by atoms with Gasteiger partial charge in [-0.2, -0.15) is 0 Å². The molecular weight excluding hydrogens is 434 g/mol. The van der Waals surface area contributed by atoms with Gasteiger partial charge in [-0.15, -0.1) is 10.2 Å². The maximum Gasteiger partial charge on any atom is 0.235 e. The smallest absolute Gasteiger partial charge is 0.235 e. The number of carbonyl (C=O) groups is 1. The number of halogens is 1. The zero-order chi connectivity index (χ0) is 21.8. The monoisotopic (exact) mass is 463 g/mol. The van der Waals surface area contributed by atoms with E-state index in [0.717, 1.165) is 68.7 Å². The van der Waals surface area contributed by atoms with Crippen LogP contribution in [-0.2, 0) is 16.1 Å². The number of amides is 1. The first kappa shape index (κ1) is 22.6. The molecule has 2 aliphatic rings. The number of benzene rings is 1. The Morgan fingerprint density at radius 1 is 1.23 bits per heavy atom. The number of hydrogen-bond donors (Lipinski definition) is 0. The van der Waals surface area contributed by atoms with Crippen LogP contribution in [0.2, 0.25) is 5.02 Å². The molecule has 0 aliphatic carbocycles. The van der Waals surface area contributed by atoms with E-state index in [1.165, 1.54) is 11.8 Å². The van der Waals surface area contributed by atoms with Crippen molar-refractivity contribution in [2.24, 2.45) is 0 Å². The van der Waals surface area contributed by atoms with E-state index in [4.69, 9.17) is 16.3 Å². The highest BCUT2D eigenvalue weighted by Crippen LogP contribution is 2.30. The van der Waals surface area contributed by atoms with Crippen LogP contribution >= 0.6 is 23.4 Å². The molecule has 1 amide bonds. The Kier molecular flexibility index (Phi) is 7.53. The van der Waals surface area contributed by atoms with Crippen molar-refractivity contribution in [3.8, 4) is 11.4 Å². The summed E-state index contributed by atoms with van der Waals surface area (Å²) in [5, 5.41) is 10.1. The molecule has 0 radical (unpaired) electrons. The number of hydrogen-bond acceptors (Lipinski definition) is 6. The lowest BCUT2D eigenvalue weighted by Gasteiger charge is -2.35. The van der Waals surface area contributed by atoms with Crippen molar-refractivity contribution in [2.75, 3.05) is 39.3 Å². The van der Waals surface area contributed by atoms with Gasteiger partial charge in [-0.1, -0.05) is 30.3 Å². The van der Waals surface area contributed by atoms with E-state index in [-0.39, 0.29) is 17.3 Å². The minimum absolute atomic E-state index is 0.148. The number of carbonyl (C=O) groups excluding carboxylic acids is 1. The van der Waals surface area contributed by atoms with E-state index < -0.39 is 0 Å². The summed E-state index contributed by atoms with van der Waals surface area (Å²) in [5.74, 6) is 0.950. The first-order valence-corrected chi connectivity index (χ1v) is 12.3. The van der Waals surface area contributed by atoms with E-state index in [0.29, 0.717) is 11.6 Å². The summed E-state index contributed by atoms with van der Waals surface area (Å²) < 4.78 is 7.97. The lowest BCUT2D eigenvalue weighted by molar-refractivity contribution is -0.132. The Morgan fingerprint density at radius 2 is 1.97 bits per heavy atom. The molecule has 0 saturated carbocycles. The van der Waals surface area contributed by atoms with Gasteiger partial charge < -0.3 is 14.5 Å². The second kappa shape index (κ2) is 10.3. The topological polar surface area (TPSA) is 63.5 Å². The average molecular weight is 464 g/mol. The van der Waals surface area contributed by atoms with Crippen molar-refractivity contribution in [1.29, 1.82) is 0 Å². The van der Waals surface area contributed by atoms with E-state index in [1.54, 1.807) is 0 Å². The van der Waals surface area contributed by atoms with E-state index in [1.807, 2.05) is 36.1 Å². The Balaban J connectivity index is 1.51. The van der Waals surface area contributed by atoms with Crippen molar-refractivity contribution >= 4 is 29.3 Å². The fourth-order valence-corrected chi connectivity index (χ4v) is 5.16. The van der Waals surface area contributed by atoms with Gasteiger partial charge in [0.1, 0.15) is 0 Å². The molecule has 2 unspecified atom stereocenters. The van der Waals surface area contributed by atoms with Gasteiger partial charge in [-0.3, -0.25) is 9.36 Å². The third-order valence-electron chi connectivity index (χ3n) is 5.99. The van der Waals surface area contributed by atoms with E-state index >= 15 is 0 Å². The number of ether oxygens (including phenoxy) is 1. The van der Waals surface area contributed by atoms with Crippen molar-refractivity contribution in [1.82, 2.24) is 24.6 Å². The molecule has 31 heavy (non-hydrogen) atoms. The van der Waals surface area contributed by atoms with Gasteiger partial charge in [0.25, 0.3) is 0 Å². The Hall–Kier alpha value is -1.61. The molecule has 0 N–H and O–H groups in total. The molecule has 2 fully saturated rings. The highest BCUT2D eigenvalue weighted by atomic mass is 35.5. The second-order valence-corrected chi connectivity index (χ2v) is 9.82. The summed E-state index contributed by atoms with van der Waals surface area (Å²) in [6, 6.07) is 7.62. The van der Waals surface area contributed by atoms with Gasteiger partial charge in [0, 0.05) is 43.4 Å². The quantitative estimate of drug-likeness (QED) is 0.586.